The molecule has 5 heteroatoms. The lowest BCUT2D eigenvalue weighted by Crippen LogP contribution is -2.49. The van der Waals surface area contributed by atoms with Crippen LogP contribution in [0.15, 0.2) is 6.07 Å². The van der Waals surface area contributed by atoms with Gasteiger partial charge in [0, 0.05) is 32.6 Å². The van der Waals surface area contributed by atoms with Gasteiger partial charge in [0.2, 0.25) is 5.91 Å². The lowest BCUT2D eigenvalue weighted by Gasteiger charge is -2.36. The molecule has 2 aliphatic carbocycles. The first-order valence-electron chi connectivity index (χ1n) is 9.68. The highest BCUT2D eigenvalue weighted by molar-refractivity contribution is 5.76. The van der Waals surface area contributed by atoms with Gasteiger partial charge in [-0.15, -0.1) is 5.10 Å². The molecule has 1 amide bonds. The number of piperazine rings is 1. The quantitative estimate of drug-likeness (QED) is 0.856. The third-order valence-corrected chi connectivity index (χ3v) is 5.95. The Hall–Kier alpha value is -1.65. The highest BCUT2D eigenvalue weighted by atomic mass is 16.2. The predicted octanol–water partition coefficient (Wildman–Crippen LogP) is 2.58. The summed E-state index contributed by atoms with van der Waals surface area (Å²) in [7, 11) is 0. The topological polar surface area (TPSA) is 49.3 Å². The molecule has 0 aromatic carbocycles. The Morgan fingerprint density at radius 2 is 1.79 bits per heavy atom. The van der Waals surface area contributed by atoms with E-state index < -0.39 is 0 Å². The summed E-state index contributed by atoms with van der Waals surface area (Å²) in [6.45, 7) is 3.41. The summed E-state index contributed by atoms with van der Waals surface area (Å²) >= 11 is 0. The fourth-order valence-corrected chi connectivity index (χ4v) is 4.42. The van der Waals surface area contributed by atoms with Crippen LogP contribution in [0.4, 0.5) is 5.82 Å². The largest absolute Gasteiger partial charge is 0.352 e. The van der Waals surface area contributed by atoms with Gasteiger partial charge in [0.1, 0.15) is 0 Å². The van der Waals surface area contributed by atoms with Crippen LogP contribution in [0.1, 0.15) is 56.2 Å². The van der Waals surface area contributed by atoms with Crippen LogP contribution in [0.25, 0.3) is 0 Å². The molecular weight excluding hydrogens is 300 g/mol. The van der Waals surface area contributed by atoms with E-state index in [-0.39, 0.29) is 0 Å². The second-order valence-corrected chi connectivity index (χ2v) is 7.60. The summed E-state index contributed by atoms with van der Waals surface area (Å²) in [4.78, 5) is 16.9. The number of hydrogen-bond acceptors (Lipinski definition) is 4. The third-order valence-electron chi connectivity index (χ3n) is 5.95. The molecule has 4 rings (SSSR count). The maximum atomic E-state index is 12.5. The van der Waals surface area contributed by atoms with Crippen LogP contribution >= 0.6 is 0 Å². The zero-order valence-electron chi connectivity index (χ0n) is 14.5. The Morgan fingerprint density at radius 3 is 2.58 bits per heavy atom. The zero-order chi connectivity index (χ0) is 16.4. The summed E-state index contributed by atoms with van der Waals surface area (Å²) in [5.41, 5.74) is 2.55. The first-order valence-corrected chi connectivity index (χ1v) is 9.68. The first kappa shape index (κ1) is 15.9. The molecule has 0 atom stereocenters. The summed E-state index contributed by atoms with van der Waals surface area (Å²) < 4.78 is 0. The smallest absolute Gasteiger partial charge is 0.222 e. The van der Waals surface area contributed by atoms with Gasteiger partial charge >= 0.3 is 0 Å². The number of hydrogen-bond donors (Lipinski definition) is 0. The minimum absolute atomic E-state index is 0.363. The standard InChI is InChI=1S/C19H28N4O/c24-19(13-15-5-2-1-3-6-15)23-11-9-22(10-12-23)18-14-16-7-4-8-17(16)20-21-18/h14-15H,1-13H2. The van der Waals surface area contributed by atoms with E-state index >= 15 is 0 Å². The summed E-state index contributed by atoms with van der Waals surface area (Å²) in [6.07, 6.45) is 10.6. The van der Waals surface area contributed by atoms with Crippen LogP contribution in [0.2, 0.25) is 0 Å². The number of amides is 1. The molecule has 1 aromatic rings. The zero-order valence-corrected chi connectivity index (χ0v) is 14.5. The molecule has 3 aliphatic rings. The van der Waals surface area contributed by atoms with Crippen LogP contribution < -0.4 is 4.90 Å². The minimum Gasteiger partial charge on any atom is -0.352 e. The monoisotopic (exact) mass is 328 g/mol. The molecule has 1 aliphatic heterocycles. The number of carbonyl (C=O) groups is 1. The van der Waals surface area contributed by atoms with Crippen molar-refractivity contribution in [2.75, 3.05) is 31.1 Å². The van der Waals surface area contributed by atoms with E-state index in [1.165, 1.54) is 49.8 Å². The molecule has 1 saturated carbocycles. The van der Waals surface area contributed by atoms with Crippen molar-refractivity contribution in [1.29, 1.82) is 0 Å². The van der Waals surface area contributed by atoms with Gasteiger partial charge in [-0.1, -0.05) is 19.3 Å². The molecule has 1 saturated heterocycles. The lowest BCUT2D eigenvalue weighted by molar-refractivity contribution is -0.132. The maximum Gasteiger partial charge on any atom is 0.222 e. The van der Waals surface area contributed by atoms with Gasteiger partial charge in [-0.2, -0.15) is 5.10 Å². The van der Waals surface area contributed by atoms with E-state index in [1.54, 1.807) is 0 Å². The van der Waals surface area contributed by atoms with Crippen LogP contribution in [0.3, 0.4) is 0 Å². The number of fused-ring (bicyclic) bond motifs is 1. The van der Waals surface area contributed by atoms with Gasteiger partial charge < -0.3 is 9.80 Å². The van der Waals surface area contributed by atoms with E-state index in [2.05, 4.69) is 26.1 Å². The molecular formula is C19H28N4O. The van der Waals surface area contributed by atoms with E-state index in [0.29, 0.717) is 11.8 Å². The predicted molar refractivity (Wildman–Crippen MR) is 94.0 cm³/mol. The van der Waals surface area contributed by atoms with Crippen LogP contribution in [0, 0.1) is 5.92 Å². The average molecular weight is 328 g/mol. The number of rotatable bonds is 3. The summed E-state index contributed by atoms with van der Waals surface area (Å²) in [6, 6.07) is 2.22. The van der Waals surface area contributed by atoms with Crippen LogP contribution in [-0.4, -0.2) is 47.2 Å². The van der Waals surface area contributed by atoms with Gasteiger partial charge in [-0.3, -0.25) is 4.79 Å². The number of anilines is 1. The third kappa shape index (κ3) is 3.40. The molecule has 0 radical (unpaired) electrons. The van der Waals surface area contributed by atoms with E-state index in [4.69, 9.17) is 0 Å². The van der Waals surface area contributed by atoms with E-state index in [9.17, 15) is 4.79 Å². The Kier molecular flexibility index (Phi) is 4.67. The molecule has 2 fully saturated rings. The molecule has 1 aromatic heterocycles. The van der Waals surface area contributed by atoms with Crippen molar-refractivity contribution >= 4 is 11.7 Å². The SMILES string of the molecule is O=C(CC1CCCCC1)N1CCN(c2cc3c(nn2)CCC3)CC1. The van der Waals surface area contributed by atoms with Gasteiger partial charge in [-0.05, 0) is 49.7 Å². The number of nitrogens with zero attached hydrogens (tertiary/aromatic N) is 4. The van der Waals surface area contributed by atoms with Crippen LogP contribution in [-0.2, 0) is 17.6 Å². The molecule has 2 heterocycles. The van der Waals surface area contributed by atoms with Crippen molar-refractivity contribution in [3.63, 3.8) is 0 Å². The second-order valence-electron chi connectivity index (χ2n) is 7.60. The van der Waals surface area contributed by atoms with Crippen molar-refractivity contribution in [3.8, 4) is 0 Å². The van der Waals surface area contributed by atoms with Gasteiger partial charge in [0.15, 0.2) is 5.82 Å². The first-order chi connectivity index (χ1) is 11.8. The van der Waals surface area contributed by atoms with Crippen molar-refractivity contribution < 1.29 is 4.79 Å². The molecule has 130 valence electrons. The molecule has 5 nitrogen and oxygen atoms in total. The maximum absolute atomic E-state index is 12.5. The van der Waals surface area contributed by atoms with Crippen molar-refractivity contribution in [3.05, 3.63) is 17.3 Å². The molecule has 0 unspecified atom stereocenters. The Labute approximate surface area is 144 Å². The summed E-state index contributed by atoms with van der Waals surface area (Å²) in [5.74, 6) is 1.99. The molecule has 0 bridgehead atoms. The van der Waals surface area contributed by atoms with E-state index in [0.717, 1.165) is 51.3 Å². The molecule has 0 spiro atoms. The lowest BCUT2D eigenvalue weighted by atomic mass is 9.86. The van der Waals surface area contributed by atoms with Crippen LogP contribution in [0.5, 0.6) is 0 Å². The van der Waals surface area contributed by atoms with Gasteiger partial charge in [-0.25, -0.2) is 0 Å². The highest BCUT2D eigenvalue weighted by Gasteiger charge is 2.25. The van der Waals surface area contributed by atoms with Crippen molar-refractivity contribution in [1.82, 2.24) is 15.1 Å². The minimum atomic E-state index is 0.363. The van der Waals surface area contributed by atoms with Crippen molar-refractivity contribution in [2.45, 2.75) is 57.8 Å². The number of aromatic nitrogens is 2. The molecule has 0 N–H and O–H groups in total. The highest BCUT2D eigenvalue weighted by Crippen LogP contribution is 2.27. The van der Waals surface area contributed by atoms with Gasteiger partial charge in [0.05, 0.1) is 5.69 Å². The molecule has 24 heavy (non-hydrogen) atoms. The normalized spacial score (nSPS) is 21.8. The second kappa shape index (κ2) is 7.08. The average Bonchev–Trinajstić information content (AvgIpc) is 3.10. The number of aryl methyl sites for hydroxylation is 2. The van der Waals surface area contributed by atoms with Gasteiger partial charge in [0.25, 0.3) is 0 Å². The van der Waals surface area contributed by atoms with E-state index in [1.807, 2.05) is 0 Å². The Balaban J connectivity index is 1.30. The fraction of sp³-hybridized carbons (Fsp3) is 0.737. The Bertz CT molecular complexity index is 589. The van der Waals surface area contributed by atoms with Crippen molar-refractivity contribution in [2.24, 2.45) is 5.92 Å². The summed E-state index contributed by atoms with van der Waals surface area (Å²) in [5, 5.41) is 8.80. The number of carbonyl (C=O) groups excluding carboxylic acids is 1. The fourth-order valence-electron chi connectivity index (χ4n) is 4.42. The Morgan fingerprint density at radius 1 is 1.00 bits per heavy atom.